The Bertz CT molecular complexity index is 657. The van der Waals surface area contributed by atoms with Crippen LogP contribution in [0.3, 0.4) is 0 Å². The van der Waals surface area contributed by atoms with Gasteiger partial charge in [0.25, 0.3) is 0 Å². The van der Waals surface area contributed by atoms with Crippen LogP contribution in [-0.4, -0.2) is 18.3 Å². The molecule has 5 nitrogen and oxygen atoms in total. The number of aryl methyl sites for hydroxylation is 1. The van der Waals surface area contributed by atoms with Crippen molar-refractivity contribution in [1.29, 1.82) is 0 Å². The molecule has 0 fully saturated rings. The van der Waals surface area contributed by atoms with E-state index in [0.29, 0.717) is 29.7 Å². The van der Waals surface area contributed by atoms with Crippen LogP contribution >= 0.6 is 0 Å². The first kappa shape index (κ1) is 13.3. The zero-order valence-electron chi connectivity index (χ0n) is 11.1. The van der Waals surface area contributed by atoms with Gasteiger partial charge in [-0.05, 0) is 32.4 Å². The standard InChI is InChI=1S/C14H16O5/c1-4-17-13-10(15)7-9-8(3)6-11(16)19-12(9)14(13)18-5-2/h6-7,15H,4-5H2,1-3H3. The first-order valence-electron chi connectivity index (χ1n) is 6.14. The van der Waals surface area contributed by atoms with E-state index in [-0.39, 0.29) is 17.2 Å². The summed E-state index contributed by atoms with van der Waals surface area (Å²) in [5.74, 6) is 0.431. The Morgan fingerprint density at radius 1 is 1.16 bits per heavy atom. The first-order chi connectivity index (χ1) is 9.08. The minimum atomic E-state index is -0.459. The predicted molar refractivity (Wildman–Crippen MR) is 71.2 cm³/mol. The third-order valence-electron chi connectivity index (χ3n) is 2.71. The first-order valence-corrected chi connectivity index (χ1v) is 6.14. The number of phenolic OH excluding ortho intramolecular Hbond substituents is 1. The number of hydrogen-bond acceptors (Lipinski definition) is 5. The molecule has 0 amide bonds. The fraction of sp³-hybridized carbons (Fsp3) is 0.357. The number of benzene rings is 1. The average Bonchev–Trinajstić information content (AvgIpc) is 2.35. The molecule has 0 spiro atoms. The monoisotopic (exact) mass is 264 g/mol. The van der Waals surface area contributed by atoms with Gasteiger partial charge in [-0.3, -0.25) is 0 Å². The predicted octanol–water partition coefficient (Wildman–Crippen LogP) is 2.60. The highest BCUT2D eigenvalue weighted by atomic mass is 16.5. The number of phenols is 1. The van der Waals surface area contributed by atoms with Crippen LogP contribution in [0.4, 0.5) is 0 Å². The van der Waals surface area contributed by atoms with Gasteiger partial charge in [0.05, 0.1) is 13.2 Å². The third kappa shape index (κ3) is 2.36. The Hall–Kier alpha value is -2.17. The summed E-state index contributed by atoms with van der Waals surface area (Å²) in [6.07, 6.45) is 0. The number of ether oxygens (including phenoxy) is 2. The van der Waals surface area contributed by atoms with Crippen molar-refractivity contribution in [2.24, 2.45) is 0 Å². The smallest absolute Gasteiger partial charge is 0.336 e. The molecular weight excluding hydrogens is 248 g/mol. The fourth-order valence-corrected chi connectivity index (χ4v) is 1.95. The molecule has 1 aromatic heterocycles. The van der Waals surface area contributed by atoms with E-state index >= 15 is 0 Å². The van der Waals surface area contributed by atoms with Gasteiger partial charge in [0.2, 0.25) is 11.5 Å². The van der Waals surface area contributed by atoms with E-state index in [9.17, 15) is 9.90 Å². The zero-order chi connectivity index (χ0) is 14.0. The van der Waals surface area contributed by atoms with Crippen LogP contribution in [0.1, 0.15) is 19.4 Å². The Morgan fingerprint density at radius 3 is 2.42 bits per heavy atom. The molecule has 102 valence electrons. The highest BCUT2D eigenvalue weighted by Gasteiger charge is 2.19. The van der Waals surface area contributed by atoms with Crippen molar-refractivity contribution in [2.75, 3.05) is 13.2 Å². The van der Waals surface area contributed by atoms with E-state index in [4.69, 9.17) is 13.9 Å². The molecule has 0 radical (unpaired) electrons. The van der Waals surface area contributed by atoms with E-state index in [0.717, 1.165) is 0 Å². The van der Waals surface area contributed by atoms with Gasteiger partial charge in [-0.15, -0.1) is 0 Å². The molecule has 0 unspecified atom stereocenters. The van der Waals surface area contributed by atoms with Gasteiger partial charge in [0.1, 0.15) is 0 Å². The van der Waals surface area contributed by atoms with Crippen molar-refractivity contribution in [3.63, 3.8) is 0 Å². The van der Waals surface area contributed by atoms with Crippen LogP contribution in [0.2, 0.25) is 0 Å². The lowest BCUT2D eigenvalue weighted by Crippen LogP contribution is -2.03. The molecule has 0 bridgehead atoms. The van der Waals surface area contributed by atoms with Crippen molar-refractivity contribution >= 4 is 11.0 Å². The lowest BCUT2D eigenvalue weighted by atomic mass is 10.1. The summed E-state index contributed by atoms with van der Waals surface area (Å²) in [7, 11) is 0. The van der Waals surface area contributed by atoms with Crippen LogP contribution in [0.5, 0.6) is 17.2 Å². The van der Waals surface area contributed by atoms with Gasteiger partial charge in [-0.25, -0.2) is 4.79 Å². The van der Waals surface area contributed by atoms with Crippen LogP contribution in [-0.2, 0) is 0 Å². The highest BCUT2D eigenvalue weighted by Crippen LogP contribution is 2.43. The summed E-state index contributed by atoms with van der Waals surface area (Å²) in [5.41, 5.74) is 0.553. The molecule has 0 aliphatic heterocycles. The van der Waals surface area contributed by atoms with E-state index in [1.54, 1.807) is 20.8 Å². The lowest BCUT2D eigenvalue weighted by Gasteiger charge is -2.14. The molecule has 0 aliphatic carbocycles. The maximum atomic E-state index is 11.5. The molecule has 1 N–H and O–H groups in total. The van der Waals surface area contributed by atoms with E-state index < -0.39 is 5.63 Å². The quantitative estimate of drug-likeness (QED) is 0.859. The maximum Gasteiger partial charge on any atom is 0.336 e. The Kier molecular flexibility index (Phi) is 3.64. The van der Waals surface area contributed by atoms with Crippen LogP contribution in [0.25, 0.3) is 11.0 Å². The summed E-state index contributed by atoms with van der Waals surface area (Å²) in [4.78, 5) is 11.5. The largest absolute Gasteiger partial charge is 0.504 e. The summed E-state index contributed by atoms with van der Waals surface area (Å²) in [6.45, 7) is 6.12. The molecule has 1 heterocycles. The topological polar surface area (TPSA) is 68.9 Å². The molecule has 0 saturated carbocycles. The zero-order valence-corrected chi connectivity index (χ0v) is 11.1. The number of fused-ring (bicyclic) bond motifs is 1. The summed E-state index contributed by atoms with van der Waals surface area (Å²) >= 11 is 0. The molecular formula is C14H16O5. The normalized spacial score (nSPS) is 10.7. The summed E-state index contributed by atoms with van der Waals surface area (Å²) in [5, 5.41) is 10.6. The summed E-state index contributed by atoms with van der Waals surface area (Å²) in [6, 6.07) is 2.89. The molecule has 2 aromatic rings. The van der Waals surface area contributed by atoms with Crippen molar-refractivity contribution in [2.45, 2.75) is 20.8 Å². The molecule has 19 heavy (non-hydrogen) atoms. The van der Waals surface area contributed by atoms with Gasteiger partial charge in [0.15, 0.2) is 11.3 Å². The number of hydrogen-bond donors (Lipinski definition) is 1. The molecule has 1 aromatic carbocycles. The van der Waals surface area contributed by atoms with Crippen molar-refractivity contribution in [1.82, 2.24) is 0 Å². The minimum Gasteiger partial charge on any atom is -0.504 e. The van der Waals surface area contributed by atoms with Crippen molar-refractivity contribution < 1.29 is 19.0 Å². The van der Waals surface area contributed by atoms with Crippen LogP contribution in [0.15, 0.2) is 21.3 Å². The van der Waals surface area contributed by atoms with Gasteiger partial charge in [-0.1, -0.05) is 0 Å². The van der Waals surface area contributed by atoms with E-state index in [1.807, 2.05) is 0 Å². The van der Waals surface area contributed by atoms with Crippen molar-refractivity contribution in [3.05, 3.63) is 28.1 Å². The molecule has 0 saturated heterocycles. The average molecular weight is 264 g/mol. The van der Waals surface area contributed by atoms with E-state index in [2.05, 4.69) is 0 Å². The Labute approximate surface area is 110 Å². The maximum absolute atomic E-state index is 11.5. The molecule has 0 aliphatic rings. The van der Waals surface area contributed by atoms with Gasteiger partial charge < -0.3 is 19.0 Å². The minimum absolute atomic E-state index is 0.0326. The SMILES string of the molecule is CCOc1c(O)cc2c(C)cc(=O)oc2c1OCC. The summed E-state index contributed by atoms with van der Waals surface area (Å²) < 4.78 is 16.0. The van der Waals surface area contributed by atoms with Gasteiger partial charge in [-0.2, -0.15) is 0 Å². The molecule has 2 rings (SSSR count). The Balaban J connectivity index is 2.85. The third-order valence-corrected chi connectivity index (χ3v) is 2.71. The lowest BCUT2D eigenvalue weighted by molar-refractivity contribution is 0.274. The van der Waals surface area contributed by atoms with E-state index in [1.165, 1.54) is 12.1 Å². The number of aromatic hydroxyl groups is 1. The van der Waals surface area contributed by atoms with Crippen LogP contribution in [0, 0.1) is 6.92 Å². The second kappa shape index (κ2) is 5.22. The second-order valence-corrected chi connectivity index (χ2v) is 4.05. The van der Waals surface area contributed by atoms with Crippen LogP contribution < -0.4 is 15.1 Å². The molecule has 5 heteroatoms. The highest BCUT2D eigenvalue weighted by molar-refractivity contribution is 5.90. The fourth-order valence-electron chi connectivity index (χ4n) is 1.95. The van der Waals surface area contributed by atoms with Gasteiger partial charge >= 0.3 is 5.63 Å². The van der Waals surface area contributed by atoms with Gasteiger partial charge in [0, 0.05) is 11.5 Å². The van der Waals surface area contributed by atoms with Crippen molar-refractivity contribution in [3.8, 4) is 17.2 Å². The second-order valence-electron chi connectivity index (χ2n) is 4.05. The Morgan fingerprint density at radius 2 is 1.79 bits per heavy atom. The molecule has 0 atom stereocenters. The number of rotatable bonds is 4.